The molecule has 21 heavy (non-hydrogen) atoms. The van der Waals surface area contributed by atoms with Crippen molar-refractivity contribution in [2.24, 2.45) is 0 Å². The van der Waals surface area contributed by atoms with Crippen molar-refractivity contribution in [1.82, 2.24) is 4.72 Å². The molecule has 2 N–H and O–H groups in total. The van der Waals surface area contributed by atoms with Gasteiger partial charge in [-0.15, -0.1) is 11.3 Å². The molecule has 0 aromatic carbocycles. The van der Waals surface area contributed by atoms with E-state index in [0.717, 1.165) is 18.4 Å². The fourth-order valence-electron chi connectivity index (χ4n) is 1.46. The highest BCUT2D eigenvalue weighted by molar-refractivity contribution is 7.89. The summed E-state index contributed by atoms with van der Waals surface area (Å²) in [5.41, 5.74) is 0. The quantitative estimate of drug-likeness (QED) is 0.655. The molecule has 1 unspecified atom stereocenters. The molecule has 0 aliphatic carbocycles. The number of carboxylic acids is 1. The third kappa shape index (κ3) is 4.77. The van der Waals surface area contributed by atoms with Crippen LogP contribution in [0.5, 0.6) is 0 Å². The van der Waals surface area contributed by atoms with Crippen LogP contribution in [0.25, 0.3) is 0 Å². The lowest BCUT2D eigenvalue weighted by atomic mass is 10.2. The minimum atomic E-state index is -3.96. The molecule has 0 saturated carbocycles. The van der Waals surface area contributed by atoms with Crippen molar-refractivity contribution >= 4 is 33.3 Å². The molecule has 1 atom stereocenters. The molecule has 8 nitrogen and oxygen atoms in total. The van der Waals surface area contributed by atoms with E-state index in [1.54, 1.807) is 0 Å². The molecule has 0 spiro atoms. The van der Waals surface area contributed by atoms with E-state index in [2.05, 4.69) is 9.46 Å². The van der Waals surface area contributed by atoms with E-state index in [-0.39, 0.29) is 22.7 Å². The van der Waals surface area contributed by atoms with Crippen molar-refractivity contribution in [2.45, 2.75) is 17.4 Å². The molecule has 0 fully saturated rings. The monoisotopic (exact) mass is 337 g/mol. The Hall–Kier alpha value is -1.49. The van der Waals surface area contributed by atoms with Crippen molar-refractivity contribution in [3.05, 3.63) is 16.3 Å². The smallest absolute Gasteiger partial charge is 0.349 e. The van der Waals surface area contributed by atoms with Crippen LogP contribution in [0.15, 0.2) is 16.3 Å². The average Bonchev–Trinajstić information content (AvgIpc) is 2.92. The van der Waals surface area contributed by atoms with Gasteiger partial charge in [0.1, 0.15) is 9.77 Å². The lowest BCUT2D eigenvalue weighted by molar-refractivity contribution is -0.139. The Kier molecular flexibility index (Phi) is 6.27. The van der Waals surface area contributed by atoms with Crippen LogP contribution in [-0.2, 0) is 24.3 Å². The number of carboxylic acid groups (broad SMARTS) is 1. The number of rotatable bonds is 8. The number of ether oxygens (including phenoxy) is 2. The summed E-state index contributed by atoms with van der Waals surface area (Å²) < 4.78 is 35.9. The first-order valence-electron chi connectivity index (χ1n) is 5.72. The predicted molar refractivity (Wildman–Crippen MR) is 73.9 cm³/mol. The van der Waals surface area contributed by atoms with Gasteiger partial charge in [0.15, 0.2) is 0 Å². The van der Waals surface area contributed by atoms with Crippen molar-refractivity contribution < 1.29 is 32.6 Å². The maximum Gasteiger partial charge on any atom is 0.349 e. The molecule has 0 saturated heterocycles. The lowest BCUT2D eigenvalue weighted by Crippen LogP contribution is -2.34. The van der Waals surface area contributed by atoms with Gasteiger partial charge in [0.25, 0.3) is 0 Å². The zero-order valence-electron chi connectivity index (χ0n) is 11.4. The van der Waals surface area contributed by atoms with Gasteiger partial charge in [-0.05, 0) is 11.4 Å². The molecule has 118 valence electrons. The van der Waals surface area contributed by atoms with Crippen LogP contribution in [0.2, 0.25) is 0 Å². The molecular formula is C11H15NO7S2. The first-order valence-corrected chi connectivity index (χ1v) is 8.08. The summed E-state index contributed by atoms with van der Waals surface area (Å²) in [7, 11) is -1.52. The minimum Gasteiger partial charge on any atom is -0.481 e. The number of esters is 1. The Labute approximate surface area is 125 Å². The molecule has 1 rings (SSSR count). The number of aliphatic carboxylic acids is 1. The molecule has 0 aliphatic heterocycles. The van der Waals surface area contributed by atoms with Crippen molar-refractivity contribution in [3.8, 4) is 0 Å². The average molecular weight is 337 g/mol. The van der Waals surface area contributed by atoms with E-state index in [9.17, 15) is 18.0 Å². The zero-order valence-corrected chi connectivity index (χ0v) is 13.0. The summed E-state index contributed by atoms with van der Waals surface area (Å²) in [6.45, 7) is -0.221. The van der Waals surface area contributed by atoms with Crippen molar-refractivity contribution in [2.75, 3.05) is 20.8 Å². The second-order valence-electron chi connectivity index (χ2n) is 3.91. The third-order valence-electron chi connectivity index (χ3n) is 2.53. The van der Waals surface area contributed by atoms with Gasteiger partial charge in [-0.1, -0.05) is 0 Å². The Bertz CT molecular complexity index is 608. The van der Waals surface area contributed by atoms with Gasteiger partial charge >= 0.3 is 11.9 Å². The fraction of sp³-hybridized carbons (Fsp3) is 0.455. The Morgan fingerprint density at radius 2 is 2.10 bits per heavy atom. The summed E-state index contributed by atoms with van der Waals surface area (Å²) in [5, 5.41) is 10.1. The van der Waals surface area contributed by atoms with Gasteiger partial charge in [-0.25, -0.2) is 17.9 Å². The van der Waals surface area contributed by atoms with Gasteiger partial charge in [0.2, 0.25) is 10.0 Å². The molecule has 10 heteroatoms. The van der Waals surface area contributed by atoms with Crippen LogP contribution in [0.1, 0.15) is 16.1 Å². The summed E-state index contributed by atoms with van der Waals surface area (Å²) in [6, 6.07) is 1.28. The Balaban J connectivity index is 2.85. The predicted octanol–water partition coefficient (Wildman–Crippen LogP) is 0.303. The van der Waals surface area contributed by atoms with E-state index >= 15 is 0 Å². The molecule has 1 aromatic heterocycles. The Morgan fingerprint density at radius 1 is 1.43 bits per heavy atom. The minimum absolute atomic E-state index is 0.0443. The van der Waals surface area contributed by atoms with Gasteiger partial charge in [-0.3, -0.25) is 4.79 Å². The number of thiophene rings is 1. The number of carbonyl (C=O) groups is 2. The van der Waals surface area contributed by atoms with E-state index < -0.39 is 28.1 Å². The number of methoxy groups -OCH3 is 2. The molecular weight excluding hydrogens is 322 g/mol. The maximum atomic E-state index is 12.1. The van der Waals surface area contributed by atoms with Crippen LogP contribution >= 0.6 is 11.3 Å². The zero-order chi connectivity index (χ0) is 16.0. The van der Waals surface area contributed by atoms with Crippen LogP contribution in [-0.4, -0.2) is 52.3 Å². The SMILES string of the molecule is COC(=O)c1sccc1S(=O)(=O)NCC(CC(=O)O)OC. The number of carbonyl (C=O) groups excluding carboxylic acids is 1. The molecule has 1 heterocycles. The summed E-state index contributed by atoms with van der Waals surface area (Å²) in [4.78, 5) is 21.8. The standard InChI is InChI=1S/C11H15NO7S2/c1-18-7(5-9(13)14)6-12-21(16,17)8-3-4-20-10(8)11(15)19-2/h3-4,7,12H,5-6H2,1-2H3,(H,13,14). The Morgan fingerprint density at radius 3 is 2.62 bits per heavy atom. The fourth-order valence-corrected chi connectivity index (χ4v) is 3.86. The molecule has 1 aromatic rings. The largest absolute Gasteiger partial charge is 0.481 e. The first kappa shape index (κ1) is 17.6. The maximum absolute atomic E-state index is 12.1. The summed E-state index contributed by atoms with van der Waals surface area (Å²) in [6.07, 6.45) is -1.15. The van der Waals surface area contributed by atoms with E-state index in [1.165, 1.54) is 18.6 Å². The number of hydrogen-bond acceptors (Lipinski definition) is 7. The van der Waals surface area contributed by atoms with Gasteiger partial charge < -0.3 is 14.6 Å². The van der Waals surface area contributed by atoms with E-state index in [4.69, 9.17) is 9.84 Å². The van der Waals surface area contributed by atoms with Crippen LogP contribution in [0, 0.1) is 0 Å². The second-order valence-corrected chi connectivity index (χ2v) is 6.56. The normalized spacial score (nSPS) is 12.9. The highest BCUT2D eigenvalue weighted by atomic mass is 32.2. The molecule has 0 aliphatic rings. The number of nitrogens with one attached hydrogen (secondary N) is 1. The number of sulfonamides is 1. The van der Waals surface area contributed by atoms with E-state index in [0.29, 0.717) is 0 Å². The molecule has 0 bridgehead atoms. The summed E-state index contributed by atoms with van der Waals surface area (Å²) in [5.74, 6) is -1.86. The highest BCUT2D eigenvalue weighted by Crippen LogP contribution is 2.22. The first-order chi connectivity index (χ1) is 9.81. The van der Waals surface area contributed by atoms with Crippen molar-refractivity contribution in [1.29, 1.82) is 0 Å². The van der Waals surface area contributed by atoms with Gasteiger partial charge in [0, 0.05) is 13.7 Å². The topological polar surface area (TPSA) is 119 Å². The van der Waals surface area contributed by atoms with Crippen LogP contribution in [0.3, 0.4) is 0 Å². The second kappa shape index (κ2) is 7.50. The third-order valence-corrected chi connectivity index (χ3v) is 5.02. The van der Waals surface area contributed by atoms with Crippen molar-refractivity contribution in [3.63, 3.8) is 0 Å². The van der Waals surface area contributed by atoms with Gasteiger partial charge in [-0.2, -0.15) is 0 Å². The number of hydrogen-bond donors (Lipinski definition) is 2. The lowest BCUT2D eigenvalue weighted by Gasteiger charge is -2.14. The van der Waals surface area contributed by atoms with Crippen LogP contribution in [0.4, 0.5) is 0 Å². The van der Waals surface area contributed by atoms with Gasteiger partial charge in [0.05, 0.1) is 19.6 Å². The van der Waals surface area contributed by atoms with E-state index in [1.807, 2.05) is 0 Å². The molecule has 0 radical (unpaired) electrons. The molecule has 0 amide bonds. The van der Waals surface area contributed by atoms with Crippen LogP contribution < -0.4 is 4.72 Å². The summed E-state index contributed by atoms with van der Waals surface area (Å²) >= 11 is 0.941. The highest BCUT2D eigenvalue weighted by Gasteiger charge is 2.25.